The number of aryl methyl sites for hydroxylation is 2. The van der Waals surface area contributed by atoms with E-state index in [0.29, 0.717) is 83.6 Å². The highest BCUT2D eigenvalue weighted by Gasteiger charge is 2.28. The van der Waals surface area contributed by atoms with E-state index in [9.17, 15) is 13.6 Å². The molecule has 0 atom stereocenters. The Morgan fingerprint density at radius 1 is 0.691 bits per heavy atom. The van der Waals surface area contributed by atoms with Crippen LogP contribution in [0, 0.1) is 18.2 Å². The number of ether oxygens (including phenoxy) is 6. The maximum absolute atomic E-state index is 14.3. The van der Waals surface area contributed by atoms with E-state index in [4.69, 9.17) is 56.7 Å². The topological polar surface area (TPSA) is 249 Å². The summed E-state index contributed by atoms with van der Waals surface area (Å²) < 4.78 is 69.7. The van der Waals surface area contributed by atoms with Crippen molar-refractivity contribution in [3.05, 3.63) is 162 Å². The third-order valence-corrected chi connectivity index (χ3v) is 13.1. The van der Waals surface area contributed by atoms with E-state index >= 15 is 0 Å². The zero-order valence-corrected chi connectivity index (χ0v) is 45.0. The van der Waals surface area contributed by atoms with Crippen LogP contribution in [0.5, 0.6) is 34.5 Å². The van der Waals surface area contributed by atoms with Gasteiger partial charge in [0.15, 0.2) is 5.82 Å². The Labute approximate surface area is 464 Å². The van der Waals surface area contributed by atoms with Crippen LogP contribution in [-0.2, 0) is 41.6 Å². The second kappa shape index (κ2) is 26.0. The molecule has 24 heteroatoms. The third-order valence-electron chi connectivity index (χ3n) is 13.1. The van der Waals surface area contributed by atoms with Gasteiger partial charge in [-0.25, -0.2) is 33.4 Å². The summed E-state index contributed by atoms with van der Waals surface area (Å²) >= 11 is 0. The molecule has 0 unspecified atom stereocenters. The molecule has 5 aromatic heterocycles. The Hall–Kier alpha value is -9.44. The first-order valence-electron chi connectivity index (χ1n) is 25.8. The van der Waals surface area contributed by atoms with Crippen LogP contribution in [0.25, 0.3) is 27.3 Å². The summed E-state index contributed by atoms with van der Waals surface area (Å²) in [5, 5.41) is 17.6. The number of rotatable bonds is 16. The molecule has 22 nitrogen and oxygen atoms in total. The fourth-order valence-electron chi connectivity index (χ4n) is 9.00. The highest BCUT2D eigenvalue weighted by atomic mass is 19.1. The molecule has 4 aromatic carbocycles. The predicted octanol–water partition coefficient (Wildman–Crippen LogP) is 9.31. The van der Waals surface area contributed by atoms with Crippen molar-refractivity contribution in [2.45, 2.75) is 50.7 Å². The highest BCUT2D eigenvalue weighted by Crippen LogP contribution is 2.39. The molecule has 5 N–H and O–H groups in total. The molecular formula is C57H60F2N14O8. The van der Waals surface area contributed by atoms with Gasteiger partial charge in [0.05, 0.1) is 65.7 Å². The van der Waals surface area contributed by atoms with Crippen LogP contribution in [0.1, 0.15) is 60.3 Å². The minimum absolute atomic E-state index is 0.111. The lowest BCUT2D eigenvalue weighted by Gasteiger charge is -2.20. The molecule has 420 valence electrons. The number of aromatic nitrogens is 10. The number of hydrogen-bond donors (Lipinski definition) is 3. The standard InChI is InChI=1S/C27H26FN7O3.C26H25FN6O3.C4H9NO2/c1-34-16-30-13-20(34)14-37-22-10-18(28)11-23(12-22)38-21-4-2-19(3-5-21)35-26-25(31-15-32-27(26)29)24(33-35)17-6-8-36-9-7-17;1-29-26-24(28)25(17-7-9-34-10-8-17)31-33(26)19-3-5-21(6-4-19)36-23-12-18(27)11-22(13-23)35-15-20-14-30-16-32(20)2;1-5(2)3-4(6)7/h2-5,10-13,15-17H,6-9,14H2,1H3,(H2,29,31,32);3-6,11-14,16-17H,7-10,15,28H2,2H3;3H2,1-2H3,(H,6,7). The number of nitrogen functional groups attached to an aromatic ring is 2. The van der Waals surface area contributed by atoms with Crippen LogP contribution >= 0.6 is 0 Å². The maximum Gasteiger partial charge on any atom is 0.317 e. The van der Waals surface area contributed by atoms with E-state index in [1.807, 2.05) is 35.4 Å². The number of anilines is 2. The molecular weight excluding hydrogens is 1050 g/mol. The van der Waals surface area contributed by atoms with E-state index in [2.05, 4.69) is 29.9 Å². The summed E-state index contributed by atoms with van der Waals surface area (Å²) in [4.78, 5) is 31.8. The number of likely N-dealkylation sites (N-methyl/N-ethyl adjacent to an activating group) is 1. The van der Waals surface area contributed by atoms with E-state index in [0.717, 1.165) is 59.7 Å². The first kappa shape index (κ1) is 56.3. The molecule has 81 heavy (non-hydrogen) atoms. The molecule has 11 rings (SSSR count). The fraction of sp³-hybridized carbons (Fsp3) is 0.298. The second-order valence-electron chi connectivity index (χ2n) is 19.3. The largest absolute Gasteiger partial charge is 0.487 e. The van der Waals surface area contributed by atoms with Crippen molar-refractivity contribution in [3.63, 3.8) is 0 Å². The molecule has 0 spiro atoms. The highest BCUT2D eigenvalue weighted by molar-refractivity contribution is 5.88. The Morgan fingerprint density at radius 2 is 1.16 bits per heavy atom. The molecule has 2 fully saturated rings. The van der Waals surface area contributed by atoms with Crippen molar-refractivity contribution >= 4 is 34.3 Å². The van der Waals surface area contributed by atoms with E-state index < -0.39 is 17.6 Å². The lowest BCUT2D eigenvalue weighted by Crippen LogP contribution is -2.20. The van der Waals surface area contributed by atoms with Crippen molar-refractivity contribution < 1.29 is 47.1 Å². The smallest absolute Gasteiger partial charge is 0.317 e. The van der Waals surface area contributed by atoms with Crippen LogP contribution in [0.3, 0.4) is 0 Å². The monoisotopic (exact) mass is 1110 g/mol. The zero-order valence-electron chi connectivity index (χ0n) is 45.0. The first-order valence-corrected chi connectivity index (χ1v) is 25.8. The van der Waals surface area contributed by atoms with Gasteiger partial charge in [0.1, 0.15) is 82.4 Å². The molecule has 9 aromatic rings. The first-order chi connectivity index (χ1) is 39.2. The van der Waals surface area contributed by atoms with Crippen LogP contribution < -0.4 is 30.4 Å². The van der Waals surface area contributed by atoms with Gasteiger partial charge in [-0.1, -0.05) is 11.7 Å². The van der Waals surface area contributed by atoms with Gasteiger partial charge in [-0.2, -0.15) is 9.78 Å². The SMILES string of the molecule is CN(C)CC(=O)O.Cn1cncc1COc1cc(F)cc(Oc2ccc(-n3nc(C4CCOCC4)c4ncnc(N)c43)cc2)c1.[C-]#[N+]c1c(N)c(C2CCOCC2)nn1-c1ccc(Oc2cc(F)cc(OCc3cncn3C)c2)cc1. The quantitative estimate of drug-likeness (QED) is 0.0762. The molecule has 2 aliphatic heterocycles. The summed E-state index contributed by atoms with van der Waals surface area (Å²) in [6, 6.07) is 22.8. The number of aliphatic carboxylic acids is 1. The van der Waals surface area contributed by atoms with E-state index in [-0.39, 0.29) is 37.4 Å². The van der Waals surface area contributed by atoms with Gasteiger partial charge < -0.3 is 59.0 Å². The number of fused-ring (bicyclic) bond motifs is 1. The molecule has 2 aliphatic rings. The Balaban J connectivity index is 0.000000175. The number of nitrogens with two attached hydrogens (primary N) is 2. The third kappa shape index (κ3) is 14.3. The molecule has 0 amide bonds. The number of imidazole rings is 2. The lowest BCUT2D eigenvalue weighted by atomic mass is 9.96. The Morgan fingerprint density at radius 3 is 1.60 bits per heavy atom. The summed E-state index contributed by atoms with van der Waals surface area (Å²) in [6.07, 6.45) is 11.6. The van der Waals surface area contributed by atoms with Crippen molar-refractivity contribution in [3.8, 4) is 45.9 Å². The summed E-state index contributed by atoms with van der Waals surface area (Å²) in [5.41, 5.74) is 19.2. The number of carbonyl (C=O) groups is 1. The van der Waals surface area contributed by atoms with Gasteiger partial charge in [-0.3, -0.25) is 9.69 Å². The molecule has 0 saturated carbocycles. The van der Waals surface area contributed by atoms with Crippen LogP contribution in [0.2, 0.25) is 0 Å². The summed E-state index contributed by atoms with van der Waals surface area (Å²) in [7, 11) is 7.16. The van der Waals surface area contributed by atoms with E-state index in [1.54, 1.807) is 102 Å². The molecule has 2 saturated heterocycles. The average Bonchev–Trinajstić information content (AvgIpc) is 4.28. The van der Waals surface area contributed by atoms with Crippen LogP contribution in [0.4, 0.5) is 26.1 Å². The predicted molar refractivity (Wildman–Crippen MR) is 295 cm³/mol. The molecule has 0 bridgehead atoms. The molecule has 7 heterocycles. The normalized spacial score (nSPS) is 13.7. The van der Waals surface area contributed by atoms with Crippen molar-refractivity contribution in [2.75, 3.05) is 58.5 Å². The van der Waals surface area contributed by atoms with Crippen LogP contribution in [-0.4, -0.2) is 112 Å². The van der Waals surface area contributed by atoms with Gasteiger partial charge in [0, 0.05) is 88.8 Å². The summed E-state index contributed by atoms with van der Waals surface area (Å²) in [6.45, 7) is 10.9. The Kier molecular flexibility index (Phi) is 18.1. The Bertz CT molecular complexity index is 3620. The number of benzene rings is 4. The van der Waals surface area contributed by atoms with E-state index in [1.165, 1.54) is 30.6 Å². The number of nitrogens with zero attached hydrogens (tertiary/aromatic N) is 12. The van der Waals surface area contributed by atoms with Gasteiger partial charge in [0.2, 0.25) is 0 Å². The van der Waals surface area contributed by atoms with Gasteiger partial charge in [-0.15, -0.1) is 0 Å². The number of carboxylic acids is 1. The second-order valence-corrected chi connectivity index (χ2v) is 19.3. The van der Waals surface area contributed by atoms with Crippen molar-refractivity contribution in [1.29, 1.82) is 0 Å². The zero-order chi connectivity index (χ0) is 57.0. The number of halogens is 2. The maximum atomic E-state index is 14.3. The minimum atomic E-state index is -0.787. The number of carboxylic acid groups (broad SMARTS) is 1. The molecule has 0 aliphatic carbocycles. The summed E-state index contributed by atoms with van der Waals surface area (Å²) in [5.74, 6) is 1.69. The van der Waals surface area contributed by atoms with Gasteiger partial charge >= 0.3 is 5.97 Å². The van der Waals surface area contributed by atoms with Gasteiger partial charge in [-0.05, 0) is 88.3 Å². The fourth-order valence-corrected chi connectivity index (χ4v) is 9.00. The minimum Gasteiger partial charge on any atom is -0.487 e. The molecule has 0 radical (unpaired) electrons. The average molecular weight is 1110 g/mol. The lowest BCUT2D eigenvalue weighted by molar-refractivity contribution is -0.137. The van der Waals surface area contributed by atoms with Crippen molar-refractivity contribution in [2.24, 2.45) is 14.1 Å². The van der Waals surface area contributed by atoms with Gasteiger partial charge in [0.25, 0.3) is 5.82 Å². The van der Waals surface area contributed by atoms with Crippen molar-refractivity contribution in [1.82, 2.24) is 53.5 Å². The van der Waals surface area contributed by atoms with Crippen LogP contribution in [0.15, 0.2) is 116 Å². The number of hydrogen-bond acceptors (Lipinski definition) is 16.